The van der Waals surface area contributed by atoms with E-state index in [-0.39, 0.29) is 37.5 Å². The monoisotopic (exact) mass is 895 g/mol. The lowest BCUT2D eigenvalue weighted by Gasteiger charge is -2.18. The van der Waals surface area contributed by atoms with Crippen LogP contribution in [0.15, 0.2) is 60.8 Å². The maximum absolute atomic E-state index is 12.7. The lowest BCUT2D eigenvalue weighted by atomic mass is 10.0. The third kappa shape index (κ3) is 50.1. The van der Waals surface area contributed by atoms with Gasteiger partial charge in [0, 0.05) is 19.3 Å². The van der Waals surface area contributed by atoms with Crippen LogP contribution in [-0.4, -0.2) is 37.2 Å². The zero-order chi connectivity index (χ0) is 46.5. The molecule has 6 heteroatoms. The fraction of sp³-hybridized carbons (Fsp3) is 0.776. The standard InChI is InChI=1S/C58H102O6/c1-4-7-10-13-16-19-21-23-24-25-26-27-28-29-30-31-32-33-34-36-37-39-42-45-48-51-57(60)63-54-55(53-62-56(59)50-47-44-41-18-15-12-9-6-3)64-58(61)52-49-46-43-40-38-35-22-20-17-14-11-8-5-2/h8,11,17,20,25-26,35,38,43,46,55H,4-7,9-10,12-16,18-19,21-24,27-34,36-37,39-42,44-45,47-54H2,1-3H3/b11-8-,20-17-,26-25-,38-35-,46-43-. The molecule has 0 N–H and O–H groups in total. The Balaban J connectivity index is 4.19. The molecule has 64 heavy (non-hydrogen) atoms. The van der Waals surface area contributed by atoms with Crippen molar-refractivity contribution in [1.82, 2.24) is 0 Å². The summed E-state index contributed by atoms with van der Waals surface area (Å²) in [6.07, 6.45) is 65.4. The van der Waals surface area contributed by atoms with Gasteiger partial charge in [-0.1, -0.05) is 242 Å². The Morgan fingerprint density at radius 3 is 1.02 bits per heavy atom. The normalized spacial score (nSPS) is 12.5. The van der Waals surface area contributed by atoms with Gasteiger partial charge in [-0.25, -0.2) is 0 Å². The van der Waals surface area contributed by atoms with E-state index in [0.29, 0.717) is 19.3 Å². The first-order valence-corrected chi connectivity index (χ1v) is 27.3. The number of hydrogen-bond donors (Lipinski definition) is 0. The highest BCUT2D eigenvalue weighted by Gasteiger charge is 2.19. The number of carbonyl (C=O) groups is 3. The summed E-state index contributed by atoms with van der Waals surface area (Å²) >= 11 is 0. The molecule has 1 atom stereocenters. The fourth-order valence-corrected chi connectivity index (χ4v) is 7.69. The maximum atomic E-state index is 12.7. The molecule has 0 spiro atoms. The van der Waals surface area contributed by atoms with Crippen LogP contribution in [0.5, 0.6) is 0 Å². The van der Waals surface area contributed by atoms with E-state index in [1.54, 1.807) is 0 Å². The molecule has 0 aliphatic carbocycles. The predicted octanol–water partition coefficient (Wildman–Crippen LogP) is 18.0. The van der Waals surface area contributed by atoms with Crippen molar-refractivity contribution >= 4 is 17.9 Å². The first-order valence-electron chi connectivity index (χ1n) is 27.3. The second-order valence-electron chi connectivity index (χ2n) is 18.1. The molecule has 0 bridgehead atoms. The van der Waals surface area contributed by atoms with E-state index in [1.165, 1.54) is 161 Å². The van der Waals surface area contributed by atoms with Crippen molar-refractivity contribution in [2.24, 2.45) is 0 Å². The number of ether oxygens (including phenoxy) is 3. The third-order valence-electron chi connectivity index (χ3n) is 11.8. The van der Waals surface area contributed by atoms with Gasteiger partial charge >= 0.3 is 17.9 Å². The van der Waals surface area contributed by atoms with Crippen LogP contribution in [0.3, 0.4) is 0 Å². The van der Waals surface area contributed by atoms with Crippen LogP contribution in [0.4, 0.5) is 0 Å². The van der Waals surface area contributed by atoms with Crippen molar-refractivity contribution in [3.63, 3.8) is 0 Å². The lowest BCUT2D eigenvalue weighted by molar-refractivity contribution is -0.166. The highest BCUT2D eigenvalue weighted by molar-refractivity contribution is 5.71. The molecule has 0 heterocycles. The summed E-state index contributed by atoms with van der Waals surface area (Å²) < 4.78 is 16.7. The number of carbonyl (C=O) groups excluding carboxylic acids is 3. The average molecular weight is 895 g/mol. The van der Waals surface area contributed by atoms with Crippen molar-refractivity contribution in [3.8, 4) is 0 Å². The van der Waals surface area contributed by atoms with Crippen molar-refractivity contribution in [2.45, 2.75) is 277 Å². The molecule has 0 radical (unpaired) electrons. The molecule has 0 aliphatic rings. The molecule has 0 saturated carbocycles. The van der Waals surface area contributed by atoms with Gasteiger partial charge in [-0.15, -0.1) is 0 Å². The molecule has 0 saturated heterocycles. The van der Waals surface area contributed by atoms with Crippen LogP contribution in [0.1, 0.15) is 271 Å². The van der Waals surface area contributed by atoms with E-state index >= 15 is 0 Å². The smallest absolute Gasteiger partial charge is 0.306 e. The minimum Gasteiger partial charge on any atom is -0.462 e. The van der Waals surface area contributed by atoms with Crippen molar-refractivity contribution in [2.75, 3.05) is 13.2 Å². The van der Waals surface area contributed by atoms with E-state index in [9.17, 15) is 14.4 Å². The summed E-state index contributed by atoms with van der Waals surface area (Å²) in [5.74, 6) is -0.982. The van der Waals surface area contributed by atoms with Crippen LogP contribution >= 0.6 is 0 Å². The second-order valence-corrected chi connectivity index (χ2v) is 18.1. The maximum Gasteiger partial charge on any atom is 0.306 e. The van der Waals surface area contributed by atoms with Gasteiger partial charge < -0.3 is 14.2 Å². The van der Waals surface area contributed by atoms with Gasteiger partial charge in [0.25, 0.3) is 0 Å². The predicted molar refractivity (Wildman–Crippen MR) is 275 cm³/mol. The Hall–Kier alpha value is -2.89. The Kier molecular flexibility index (Phi) is 50.4. The van der Waals surface area contributed by atoms with Gasteiger partial charge in [-0.05, 0) is 70.6 Å². The second kappa shape index (κ2) is 52.7. The number of esters is 3. The Morgan fingerprint density at radius 2 is 0.641 bits per heavy atom. The van der Waals surface area contributed by atoms with E-state index in [4.69, 9.17) is 14.2 Å². The largest absolute Gasteiger partial charge is 0.462 e. The van der Waals surface area contributed by atoms with Gasteiger partial charge in [0.1, 0.15) is 13.2 Å². The lowest BCUT2D eigenvalue weighted by Crippen LogP contribution is -2.30. The van der Waals surface area contributed by atoms with E-state index in [2.05, 4.69) is 69.4 Å². The minimum atomic E-state index is -0.808. The minimum absolute atomic E-state index is 0.101. The molecule has 0 aliphatic heterocycles. The molecule has 370 valence electrons. The number of hydrogen-bond acceptors (Lipinski definition) is 6. The molecular weight excluding hydrogens is 793 g/mol. The number of rotatable bonds is 49. The molecule has 0 fully saturated rings. The van der Waals surface area contributed by atoms with E-state index < -0.39 is 6.10 Å². The number of allylic oxidation sites excluding steroid dienone is 10. The Bertz CT molecular complexity index is 1170. The molecule has 0 aromatic heterocycles. The summed E-state index contributed by atoms with van der Waals surface area (Å²) in [5, 5.41) is 0. The molecule has 0 amide bonds. The van der Waals surface area contributed by atoms with Crippen LogP contribution < -0.4 is 0 Å². The molecule has 1 unspecified atom stereocenters. The van der Waals surface area contributed by atoms with Crippen molar-refractivity contribution in [3.05, 3.63) is 60.8 Å². The van der Waals surface area contributed by atoms with E-state index in [1.807, 2.05) is 12.2 Å². The van der Waals surface area contributed by atoms with Crippen LogP contribution in [0.25, 0.3) is 0 Å². The third-order valence-corrected chi connectivity index (χ3v) is 11.8. The average Bonchev–Trinajstić information content (AvgIpc) is 3.29. The van der Waals surface area contributed by atoms with Crippen LogP contribution in [-0.2, 0) is 28.6 Å². The Labute approximate surface area is 396 Å². The molecular formula is C58H102O6. The van der Waals surface area contributed by atoms with Gasteiger partial charge in [-0.2, -0.15) is 0 Å². The fourth-order valence-electron chi connectivity index (χ4n) is 7.69. The van der Waals surface area contributed by atoms with Crippen LogP contribution in [0.2, 0.25) is 0 Å². The quantitative estimate of drug-likeness (QED) is 0.0262. The van der Waals surface area contributed by atoms with E-state index in [0.717, 1.165) is 64.2 Å². The Morgan fingerprint density at radius 1 is 0.328 bits per heavy atom. The molecule has 0 aromatic rings. The van der Waals surface area contributed by atoms with Gasteiger partial charge in [0.15, 0.2) is 6.10 Å². The molecule has 6 nitrogen and oxygen atoms in total. The van der Waals surface area contributed by atoms with Crippen molar-refractivity contribution < 1.29 is 28.6 Å². The summed E-state index contributed by atoms with van der Waals surface area (Å²) in [6.45, 7) is 6.44. The SMILES string of the molecule is CC/C=C\C/C=C\C/C=C\C/C=C\CCC(=O)OC(COC(=O)CCCCCCCCCC)COC(=O)CCCCCCCCCCCCCCC/C=C\CCCCCCCCCC. The summed E-state index contributed by atoms with van der Waals surface area (Å²) in [6, 6.07) is 0. The topological polar surface area (TPSA) is 78.9 Å². The zero-order valence-corrected chi connectivity index (χ0v) is 42.3. The van der Waals surface area contributed by atoms with Gasteiger partial charge in [0.05, 0.1) is 0 Å². The number of unbranched alkanes of at least 4 members (excludes halogenated alkanes) is 28. The van der Waals surface area contributed by atoms with Gasteiger partial charge in [-0.3, -0.25) is 14.4 Å². The molecule has 0 rings (SSSR count). The highest BCUT2D eigenvalue weighted by atomic mass is 16.6. The highest BCUT2D eigenvalue weighted by Crippen LogP contribution is 2.15. The van der Waals surface area contributed by atoms with Crippen LogP contribution in [0, 0.1) is 0 Å². The summed E-state index contributed by atoms with van der Waals surface area (Å²) in [5.41, 5.74) is 0. The molecule has 0 aromatic carbocycles. The first-order chi connectivity index (χ1) is 31.5. The van der Waals surface area contributed by atoms with Gasteiger partial charge in [0.2, 0.25) is 0 Å². The first kappa shape index (κ1) is 61.1. The zero-order valence-electron chi connectivity index (χ0n) is 42.3. The summed E-state index contributed by atoms with van der Waals surface area (Å²) in [4.78, 5) is 37.8. The summed E-state index contributed by atoms with van der Waals surface area (Å²) in [7, 11) is 0. The van der Waals surface area contributed by atoms with Crippen molar-refractivity contribution in [1.29, 1.82) is 0 Å².